The van der Waals surface area contributed by atoms with Gasteiger partial charge in [-0.1, -0.05) is 42.5 Å². The highest BCUT2D eigenvalue weighted by atomic mass is 16.5. The molecule has 2 aromatic rings. The summed E-state index contributed by atoms with van der Waals surface area (Å²) in [6.07, 6.45) is 9.32. The van der Waals surface area contributed by atoms with Crippen molar-refractivity contribution in [1.82, 2.24) is 0 Å². The van der Waals surface area contributed by atoms with Gasteiger partial charge in [0.1, 0.15) is 11.8 Å². The number of unbranched alkanes of at least 4 members (excludes halogenated alkanes) is 1. The van der Waals surface area contributed by atoms with E-state index in [1.54, 1.807) is 30.3 Å². The number of ether oxygens (including phenoxy) is 2. The Morgan fingerprint density at radius 3 is 2.40 bits per heavy atom. The summed E-state index contributed by atoms with van der Waals surface area (Å²) in [5.41, 5.74) is 13.4. The molecule has 1 aliphatic carbocycles. The quantitative estimate of drug-likeness (QED) is 0.144. The first-order chi connectivity index (χ1) is 16.8. The maximum absolute atomic E-state index is 13.2. The minimum atomic E-state index is -1.49. The highest BCUT2D eigenvalue weighted by Crippen LogP contribution is 2.29. The zero-order chi connectivity index (χ0) is 25.3. The molecule has 0 bridgehead atoms. The molecule has 1 aliphatic rings. The van der Waals surface area contributed by atoms with Crippen molar-refractivity contribution >= 4 is 18.0 Å². The van der Waals surface area contributed by atoms with Gasteiger partial charge in [0.25, 0.3) is 0 Å². The SMILES string of the molecule is C=CCCCOC1CCC(OC(=O)c2ccc(C=CC(=O)O)cc2C(N)(N)c2ccccc2)CC1. The molecule has 0 spiro atoms. The van der Waals surface area contributed by atoms with Crippen LogP contribution < -0.4 is 11.5 Å². The number of benzene rings is 2. The van der Waals surface area contributed by atoms with Crippen molar-refractivity contribution in [1.29, 1.82) is 0 Å². The van der Waals surface area contributed by atoms with Gasteiger partial charge in [0, 0.05) is 18.2 Å². The van der Waals surface area contributed by atoms with Crippen molar-refractivity contribution in [2.24, 2.45) is 11.5 Å². The predicted molar refractivity (Wildman–Crippen MR) is 136 cm³/mol. The Hall–Kier alpha value is -3.26. The number of carbonyl (C=O) groups is 2. The molecule has 0 unspecified atom stereocenters. The third-order valence-electron chi connectivity index (χ3n) is 6.18. The van der Waals surface area contributed by atoms with Gasteiger partial charge in [0.2, 0.25) is 0 Å². The standard InChI is InChI=1S/C28H34N2O5/c1-2-3-7-18-34-22-12-14-23(15-13-22)35-27(33)24-16-10-20(11-17-26(31)32)19-25(24)28(29,30)21-8-5-4-6-9-21/h2,4-6,8-11,16-17,19,22-23H,1,3,7,12-15,18,29-30H2,(H,31,32). The molecule has 5 N–H and O–H groups in total. The molecule has 0 aromatic heterocycles. The van der Waals surface area contributed by atoms with E-state index in [2.05, 4.69) is 6.58 Å². The molecule has 1 saturated carbocycles. The first-order valence-electron chi connectivity index (χ1n) is 11.9. The van der Waals surface area contributed by atoms with E-state index >= 15 is 0 Å². The molecule has 0 radical (unpaired) electrons. The van der Waals surface area contributed by atoms with Crippen LogP contribution in [0, 0.1) is 0 Å². The van der Waals surface area contributed by atoms with Gasteiger partial charge in [-0.2, -0.15) is 0 Å². The molecule has 1 fully saturated rings. The molecule has 0 amide bonds. The number of rotatable bonds is 11. The van der Waals surface area contributed by atoms with Gasteiger partial charge in [-0.25, -0.2) is 9.59 Å². The lowest BCUT2D eigenvalue weighted by molar-refractivity contribution is -0.131. The highest BCUT2D eigenvalue weighted by Gasteiger charge is 2.32. The van der Waals surface area contributed by atoms with E-state index in [4.69, 9.17) is 26.0 Å². The number of aliphatic carboxylic acids is 1. The summed E-state index contributed by atoms with van der Waals surface area (Å²) in [6, 6.07) is 13.9. The van der Waals surface area contributed by atoms with Crippen molar-refractivity contribution in [2.45, 2.75) is 56.4 Å². The zero-order valence-corrected chi connectivity index (χ0v) is 19.9. The van der Waals surface area contributed by atoms with Crippen LogP contribution in [0.3, 0.4) is 0 Å². The monoisotopic (exact) mass is 478 g/mol. The van der Waals surface area contributed by atoms with Gasteiger partial charge >= 0.3 is 11.9 Å². The average Bonchev–Trinajstić information content (AvgIpc) is 2.86. The maximum Gasteiger partial charge on any atom is 0.338 e. The molecule has 0 heterocycles. The molecular formula is C28H34N2O5. The van der Waals surface area contributed by atoms with E-state index in [-0.39, 0.29) is 17.8 Å². The fourth-order valence-corrected chi connectivity index (χ4v) is 4.23. The van der Waals surface area contributed by atoms with Gasteiger partial charge in [0.15, 0.2) is 0 Å². The number of carboxylic acid groups (broad SMARTS) is 1. The first kappa shape index (κ1) is 26.3. The number of hydrogen-bond acceptors (Lipinski definition) is 6. The lowest BCUT2D eigenvalue weighted by Gasteiger charge is -2.30. The van der Waals surface area contributed by atoms with Gasteiger partial charge < -0.3 is 26.0 Å². The van der Waals surface area contributed by atoms with Crippen LogP contribution in [0.5, 0.6) is 0 Å². The van der Waals surface area contributed by atoms with E-state index in [1.165, 1.54) is 6.08 Å². The van der Waals surface area contributed by atoms with Gasteiger partial charge in [-0.05, 0) is 67.9 Å². The number of carbonyl (C=O) groups excluding carboxylic acids is 1. The Labute approximate surface area is 206 Å². The smallest absolute Gasteiger partial charge is 0.338 e. The van der Waals surface area contributed by atoms with E-state index < -0.39 is 17.6 Å². The number of carboxylic acids is 1. The van der Waals surface area contributed by atoms with Crippen LogP contribution in [-0.2, 0) is 19.9 Å². The van der Waals surface area contributed by atoms with Crippen molar-refractivity contribution in [3.8, 4) is 0 Å². The van der Waals surface area contributed by atoms with Crippen LogP contribution in [0.1, 0.15) is 65.6 Å². The fraction of sp³-hybridized carbons (Fsp3) is 0.357. The van der Waals surface area contributed by atoms with Crippen LogP contribution in [0.2, 0.25) is 0 Å². The normalized spacial score (nSPS) is 18.3. The minimum Gasteiger partial charge on any atom is -0.478 e. The molecule has 7 nitrogen and oxygen atoms in total. The second-order valence-corrected chi connectivity index (χ2v) is 8.82. The van der Waals surface area contributed by atoms with Crippen molar-refractivity contribution in [2.75, 3.05) is 6.61 Å². The minimum absolute atomic E-state index is 0.185. The topological polar surface area (TPSA) is 125 Å². The Kier molecular flexibility index (Phi) is 9.37. The number of hydrogen-bond donors (Lipinski definition) is 3. The summed E-state index contributed by atoms with van der Waals surface area (Å²) in [7, 11) is 0. The molecule has 186 valence electrons. The van der Waals surface area contributed by atoms with Crippen LogP contribution in [0.4, 0.5) is 0 Å². The van der Waals surface area contributed by atoms with Crippen molar-refractivity contribution in [3.63, 3.8) is 0 Å². The Balaban J connectivity index is 1.76. The van der Waals surface area contributed by atoms with E-state index in [1.807, 2.05) is 24.3 Å². The number of nitrogens with two attached hydrogens (primary N) is 2. The Morgan fingerprint density at radius 1 is 1.06 bits per heavy atom. The van der Waals surface area contributed by atoms with Crippen LogP contribution in [0.15, 0.2) is 67.3 Å². The van der Waals surface area contributed by atoms with Crippen molar-refractivity contribution in [3.05, 3.63) is 89.5 Å². The second kappa shape index (κ2) is 12.4. The molecule has 2 aromatic carbocycles. The summed E-state index contributed by atoms with van der Waals surface area (Å²) < 4.78 is 11.8. The summed E-state index contributed by atoms with van der Waals surface area (Å²) in [5.74, 6) is -1.58. The lowest BCUT2D eigenvalue weighted by atomic mass is 9.88. The average molecular weight is 479 g/mol. The van der Waals surface area contributed by atoms with Crippen molar-refractivity contribution < 1.29 is 24.2 Å². The third-order valence-corrected chi connectivity index (χ3v) is 6.18. The molecule has 35 heavy (non-hydrogen) atoms. The molecular weight excluding hydrogens is 444 g/mol. The lowest BCUT2D eigenvalue weighted by Crippen LogP contribution is -2.48. The maximum atomic E-state index is 13.2. The number of allylic oxidation sites excluding steroid dienone is 1. The van der Waals surface area contributed by atoms with E-state index in [0.717, 1.165) is 44.6 Å². The molecule has 0 aliphatic heterocycles. The highest BCUT2D eigenvalue weighted by molar-refractivity contribution is 5.93. The van der Waals surface area contributed by atoms with E-state index in [9.17, 15) is 9.59 Å². The summed E-state index contributed by atoms with van der Waals surface area (Å²) in [6.45, 7) is 4.43. The summed E-state index contributed by atoms with van der Waals surface area (Å²) >= 11 is 0. The fourth-order valence-electron chi connectivity index (χ4n) is 4.23. The Morgan fingerprint density at radius 2 is 1.74 bits per heavy atom. The molecule has 0 saturated heterocycles. The molecule has 0 atom stereocenters. The van der Waals surface area contributed by atoms with Crippen LogP contribution >= 0.6 is 0 Å². The third kappa shape index (κ3) is 7.36. The van der Waals surface area contributed by atoms with E-state index in [0.29, 0.717) is 23.3 Å². The van der Waals surface area contributed by atoms with Gasteiger partial charge in [-0.3, -0.25) is 0 Å². The first-order valence-corrected chi connectivity index (χ1v) is 11.9. The summed E-state index contributed by atoms with van der Waals surface area (Å²) in [4.78, 5) is 24.2. The molecule has 3 rings (SSSR count). The zero-order valence-electron chi connectivity index (χ0n) is 19.9. The molecule has 7 heteroatoms. The largest absolute Gasteiger partial charge is 0.478 e. The van der Waals surface area contributed by atoms with Gasteiger partial charge in [-0.15, -0.1) is 6.58 Å². The van der Waals surface area contributed by atoms with Gasteiger partial charge in [0.05, 0.1) is 11.7 Å². The summed E-state index contributed by atoms with van der Waals surface area (Å²) in [5, 5.41) is 8.97. The Bertz CT molecular complexity index is 1040. The van der Waals surface area contributed by atoms with Crippen LogP contribution in [0.25, 0.3) is 6.08 Å². The van der Waals surface area contributed by atoms with Crippen LogP contribution in [-0.4, -0.2) is 35.9 Å². The number of esters is 1. The predicted octanol–water partition coefficient (Wildman–Crippen LogP) is 4.35. The second-order valence-electron chi connectivity index (χ2n) is 8.82.